The molecule has 1 amide bonds. The lowest BCUT2D eigenvalue weighted by atomic mass is 10.1. The van der Waals surface area contributed by atoms with E-state index in [1.807, 2.05) is 24.3 Å². The summed E-state index contributed by atoms with van der Waals surface area (Å²) in [6, 6.07) is 8.33. The number of hydrogen-bond donors (Lipinski definition) is 1. The average Bonchev–Trinajstić information content (AvgIpc) is 3.19. The first-order valence-corrected chi connectivity index (χ1v) is 6.84. The van der Waals surface area contributed by atoms with Gasteiger partial charge in [0.2, 0.25) is 5.91 Å². The Morgan fingerprint density at radius 3 is 2.56 bits per heavy atom. The quantitative estimate of drug-likeness (QED) is 0.784. The number of nitrogens with two attached hydrogens (primary N) is 1. The standard InChI is InChI=1S/C15H22N2O/c1-2-11-17(14-8-9-14)15(18)10-5-12-3-6-13(16)7-4-12/h3-4,6-7,14H,2,5,8-11,16H2,1H3. The van der Waals surface area contributed by atoms with E-state index in [0.717, 1.165) is 25.1 Å². The summed E-state index contributed by atoms with van der Waals surface area (Å²) in [7, 11) is 0. The molecular formula is C15H22N2O. The topological polar surface area (TPSA) is 46.3 Å². The third kappa shape index (κ3) is 3.49. The number of anilines is 1. The number of aryl methyl sites for hydroxylation is 1. The number of rotatable bonds is 6. The summed E-state index contributed by atoms with van der Waals surface area (Å²) in [5.41, 5.74) is 7.60. The van der Waals surface area contributed by atoms with Gasteiger partial charge in [-0.2, -0.15) is 0 Å². The molecule has 0 aliphatic heterocycles. The lowest BCUT2D eigenvalue weighted by Gasteiger charge is -2.21. The van der Waals surface area contributed by atoms with Crippen LogP contribution in [0.3, 0.4) is 0 Å². The number of benzene rings is 1. The summed E-state index contributed by atoms with van der Waals surface area (Å²) in [6.07, 6.45) is 4.85. The SMILES string of the molecule is CCCN(C(=O)CCc1ccc(N)cc1)C1CC1. The molecule has 98 valence electrons. The average molecular weight is 246 g/mol. The van der Waals surface area contributed by atoms with Gasteiger partial charge in [-0.1, -0.05) is 19.1 Å². The second kappa shape index (κ2) is 5.89. The fourth-order valence-electron chi connectivity index (χ4n) is 2.22. The zero-order valence-electron chi connectivity index (χ0n) is 11.1. The Morgan fingerprint density at radius 1 is 1.33 bits per heavy atom. The van der Waals surface area contributed by atoms with Gasteiger partial charge in [-0.3, -0.25) is 4.79 Å². The van der Waals surface area contributed by atoms with Crippen LogP contribution in [0.2, 0.25) is 0 Å². The van der Waals surface area contributed by atoms with Gasteiger partial charge in [0.1, 0.15) is 0 Å². The number of nitrogen functional groups attached to an aromatic ring is 1. The van der Waals surface area contributed by atoms with E-state index >= 15 is 0 Å². The zero-order valence-corrected chi connectivity index (χ0v) is 11.1. The van der Waals surface area contributed by atoms with Crippen molar-refractivity contribution in [2.75, 3.05) is 12.3 Å². The van der Waals surface area contributed by atoms with Crippen LogP contribution in [0.25, 0.3) is 0 Å². The van der Waals surface area contributed by atoms with Gasteiger partial charge in [-0.15, -0.1) is 0 Å². The smallest absolute Gasteiger partial charge is 0.223 e. The van der Waals surface area contributed by atoms with Crippen molar-refractivity contribution in [1.82, 2.24) is 4.90 Å². The molecule has 0 aromatic heterocycles. The van der Waals surface area contributed by atoms with Crippen LogP contribution in [0.4, 0.5) is 5.69 Å². The Hall–Kier alpha value is -1.51. The highest BCUT2D eigenvalue weighted by molar-refractivity contribution is 5.77. The molecule has 0 bridgehead atoms. The molecule has 1 aromatic rings. The summed E-state index contributed by atoms with van der Waals surface area (Å²) >= 11 is 0. The lowest BCUT2D eigenvalue weighted by Crippen LogP contribution is -2.33. The number of amides is 1. The van der Waals surface area contributed by atoms with Crippen LogP contribution in [0.5, 0.6) is 0 Å². The highest BCUT2D eigenvalue weighted by Crippen LogP contribution is 2.27. The van der Waals surface area contributed by atoms with E-state index in [0.29, 0.717) is 18.4 Å². The van der Waals surface area contributed by atoms with Gasteiger partial charge in [0.25, 0.3) is 0 Å². The molecule has 3 nitrogen and oxygen atoms in total. The molecule has 3 heteroatoms. The molecule has 1 saturated carbocycles. The number of nitrogens with zero attached hydrogens (tertiary/aromatic N) is 1. The van der Waals surface area contributed by atoms with Crippen LogP contribution in [0.1, 0.15) is 38.2 Å². The van der Waals surface area contributed by atoms with Crippen molar-refractivity contribution in [2.24, 2.45) is 0 Å². The van der Waals surface area contributed by atoms with Gasteiger partial charge >= 0.3 is 0 Å². The molecule has 0 saturated heterocycles. The van der Waals surface area contributed by atoms with Crippen LogP contribution in [-0.4, -0.2) is 23.4 Å². The molecule has 0 unspecified atom stereocenters. The number of carbonyl (C=O) groups excluding carboxylic acids is 1. The minimum atomic E-state index is 0.302. The number of hydrogen-bond acceptors (Lipinski definition) is 2. The van der Waals surface area contributed by atoms with Crippen LogP contribution < -0.4 is 5.73 Å². The minimum absolute atomic E-state index is 0.302. The third-order valence-electron chi connectivity index (χ3n) is 3.38. The molecule has 2 N–H and O–H groups in total. The number of carbonyl (C=O) groups is 1. The van der Waals surface area contributed by atoms with Gasteiger partial charge in [0.15, 0.2) is 0 Å². The van der Waals surface area contributed by atoms with Gasteiger partial charge < -0.3 is 10.6 Å². The van der Waals surface area contributed by atoms with E-state index in [1.54, 1.807) is 0 Å². The van der Waals surface area contributed by atoms with Gasteiger partial charge in [-0.05, 0) is 43.4 Å². The predicted molar refractivity (Wildman–Crippen MR) is 74.2 cm³/mol. The van der Waals surface area contributed by atoms with Gasteiger partial charge in [0, 0.05) is 24.7 Å². The fourth-order valence-corrected chi connectivity index (χ4v) is 2.22. The summed E-state index contributed by atoms with van der Waals surface area (Å²) in [6.45, 7) is 3.04. The first-order valence-electron chi connectivity index (χ1n) is 6.84. The predicted octanol–water partition coefficient (Wildman–Crippen LogP) is 2.60. The van der Waals surface area contributed by atoms with Crippen LogP contribution in [0, 0.1) is 0 Å². The Labute approximate surface area is 109 Å². The van der Waals surface area contributed by atoms with Crippen molar-refractivity contribution in [2.45, 2.75) is 45.1 Å². The van der Waals surface area contributed by atoms with Crippen molar-refractivity contribution >= 4 is 11.6 Å². The monoisotopic (exact) mass is 246 g/mol. The summed E-state index contributed by atoms with van der Waals surface area (Å²) < 4.78 is 0. The van der Waals surface area contributed by atoms with Crippen molar-refractivity contribution in [3.63, 3.8) is 0 Å². The Kier molecular flexibility index (Phi) is 4.24. The second-order valence-corrected chi connectivity index (χ2v) is 5.06. The van der Waals surface area contributed by atoms with Crippen LogP contribution >= 0.6 is 0 Å². The Balaban J connectivity index is 1.84. The first-order chi connectivity index (χ1) is 8.70. The summed E-state index contributed by atoms with van der Waals surface area (Å²) in [4.78, 5) is 14.2. The highest BCUT2D eigenvalue weighted by atomic mass is 16.2. The summed E-state index contributed by atoms with van der Waals surface area (Å²) in [5.74, 6) is 0.302. The maximum Gasteiger partial charge on any atom is 0.223 e. The van der Waals surface area contributed by atoms with Crippen molar-refractivity contribution < 1.29 is 4.79 Å². The molecular weight excluding hydrogens is 224 g/mol. The normalized spacial score (nSPS) is 14.5. The molecule has 2 rings (SSSR count). The molecule has 1 fully saturated rings. The molecule has 0 atom stereocenters. The highest BCUT2D eigenvalue weighted by Gasteiger charge is 2.31. The van der Waals surface area contributed by atoms with E-state index in [9.17, 15) is 4.79 Å². The molecule has 0 spiro atoms. The van der Waals surface area contributed by atoms with E-state index in [-0.39, 0.29) is 0 Å². The maximum absolute atomic E-state index is 12.2. The zero-order chi connectivity index (χ0) is 13.0. The summed E-state index contributed by atoms with van der Waals surface area (Å²) in [5, 5.41) is 0. The van der Waals surface area contributed by atoms with Crippen LogP contribution in [-0.2, 0) is 11.2 Å². The lowest BCUT2D eigenvalue weighted by molar-refractivity contribution is -0.131. The molecule has 1 aliphatic carbocycles. The van der Waals surface area contributed by atoms with E-state index < -0.39 is 0 Å². The maximum atomic E-state index is 12.2. The van der Waals surface area contributed by atoms with E-state index in [2.05, 4.69) is 11.8 Å². The molecule has 0 heterocycles. The molecule has 18 heavy (non-hydrogen) atoms. The van der Waals surface area contributed by atoms with Crippen LogP contribution in [0.15, 0.2) is 24.3 Å². The van der Waals surface area contributed by atoms with Crippen molar-refractivity contribution in [3.05, 3.63) is 29.8 Å². The van der Waals surface area contributed by atoms with Crippen molar-refractivity contribution in [1.29, 1.82) is 0 Å². The largest absolute Gasteiger partial charge is 0.399 e. The Bertz CT molecular complexity index is 395. The molecule has 1 aliphatic rings. The van der Waals surface area contributed by atoms with E-state index in [4.69, 9.17) is 5.73 Å². The third-order valence-corrected chi connectivity index (χ3v) is 3.38. The first kappa shape index (κ1) is 12.9. The van der Waals surface area contributed by atoms with Gasteiger partial charge in [-0.25, -0.2) is 0 Å². The second-order valence-electron chi connectivity index (χ2n) is 5.06. The molecule has 1 aromatic carbocycles. The fraction of sp³-hybridized carbons (Fsp3) is 0.533. The van der Waals surface area contributed by atoms with Gasteiger partial charge in [0.05, 0.1) is 0 Å². The Morgan fingerprint density at radius 2 is 2.00 bits per heavy atom. The van der Waals surface area contributed by atoms with E-state index in [1.165, 1.54) is 18.4 Å². The minimum Gasteiger partial charge on any atom is -0.399 e. The molecule has 0 radical (unpaired) electrons. The van der Waals surface area contributed by atoms with Crippen molar-refractivity contribution in [3.8, 4) is 0 Å².